The number of anilines is 2. The van der Waals surface area contributed by atoms with E-state index in [9.17, 15) is 9.00 Å². The number of amides is 1. The van der Waals surface area contributed by atoms with Crippen molar-refractivity contribution < 1.29 is 9.00 Å². The van der Waals surface area contributed by atoms with Crippen molar-refractivity contribution in [2.75, 3.05) is 30.7 Å². The molecule has 2 rings (SSSR count). The van der Waals surface area contributed by atoms with Gasteiger partial charge < -0.3 is 10.6 Å². The summed E-state index contributed by atoms with van der Waals surface area (Å²) in [5.41, 5.74) is 7.10. The van der Waals surface area contributed by atoms with E-state index in [1.54, 1.807) is 30.5 Å². The molecular weight excluding hydrogens is 262 g/mol. The van der Waals surface area contributed by atoms with Crippen LogP contribution in [-0.4, -0.2) is 40.9 Å². The van der Waals surface area contributed by atoms with Gasteiger partial charge in [-0.3, -0.25) is 9.10 Å². The predicted molar refractivity (Wildman–Crippen MR) is 78.1 cm³/mol. The Balaban J connectivity index is 2.23. The number of rotatable bonds is 5. The molecule has 5 nitrogen and oxygen atoms in total. The van der Waals surface area contributed by atoms with Crippen LogP contribution in [0.25, 0.3) is 0 Å². The number of hydrogen-bond donors (Lipinski definition) is 1. The third-order valence-corrected chi connectivity index (χ3v) is 4.78. The molecule has 1 amide bonds. The zero-order valence-corrected chi connectivity index (χ0v) is 12.0. The Labute approximate surface area is 116 Å². The van der Waals surface area contributed by atoms with Crippen molar-refractivity contribution in [1.82, 2.24) is 4.90 Å². The zero-order chi connectivity index (χ0) is 14.0. The Morgan fingerprint density at radius 1 is 1.42 bits per heavy atom. The molecule has 2 N–H and O–H groups in total. The average molecular weight is 281 g/mol. The Bertz CT molecular complexity index is 500. The molecule has 0 aromatic heterocycles. The SMILES string of the molecule is CN(C)C(=O)CN(c1cccc(N)c1)S(=O)C1CC1. The number of benzene rings is 1. The summed E-state index contributed by atoms with van der Waals surface area (Å²) in [5.74, 6) is -0.0728. The van der Waals surface area contributed by atoms with Crippen LogP contribution in [-0.2, 0) is 15.8 Å². The van der Waals surface area contributed by atoms with E-state index < -0.39 is 11.0 Å². The second kappa shape index (κ2) is 5.61. The van der Waals surface area contributed by atoms with Gasteiger partial charge in [-0.05, 0) is 31.0 Å². The molecule has 1 unspecified atom stereocenters. The van der Waals surface area contributed by atoms with Crippen molar-refractivity contribution >= 4 is 28.3 Å². The van der Waals surface area contributed by atoms with Crippen LogP contribution in [0.2, 0.25) is 0 Å². The van der Waals surface area contributed by atoms with Crippen LogP contribution in [0, 0.1) is 0 Å². The summed E-state index contributed by atoms with van der Waals surface area (Å²) in [6, 6.07) is 7.17. The maximum absolute atomic E-state index is 12.4. The Kier molecular flexibility index (Phi) is 4.09. The van der Waals surface area contributed by atoms with Gasteiger partial charge in [0.2, 0.25) is 5.91 Å². The van der Waals surface area contributed by atoms with E-state index in [1.807, 2.05) is 12.1 Å². The van der Waals surface area contributed by atoms with Crippen LogP contribution in [0.5, 0.6) is 0 Å². The number of nitrogen functional groups attached to an aromatic ring is 1. The van der Waals surface area contributed by atoms with Gasteiger partial charge in [0.15, 0.2) is 0 Å². The number of hydrogen-bond acceptors (Lipinski definition) is 3. The number of likely N-dealkylation sites (N-methyl/N-ethyl adjacent to an activating group) is 1. The highest BCUT2D eigenvalue weighted by Crippen LogP contribution is 2.31. The minimum absolute atomic E-state index is 0.0728. The first-order valence-corrected chi connectivity index (χ1v) is 7.40. The van der Waals surface area contributed by atoms with Gasteiger partial charge in [0.25, 0.3) is 0 Å². The topological polar surface area (TPSA) is 66.6 Å². The quantitative estimate of drug-likeness (QED) is 0.818. The van der Waals surface area contributed by atoms with Crippen LogP contribution in [0.4, 0.5) is 11.4 Å². The normalized spacial score (nSPS) is 15.9. The van der Waals surface area contributed by atoms with E-state index in [2.05, 4.69) is 0 Å². The number of nitrogens with two attached hydrogens (primary N) is 1. The largest absolute Gasteiger partial charge is 0.399 e. The maximum Gasteiger partial charge on any atom is 0.242 e. The molecule has 1 aromatic rings. The second-order valence-electron chi connectivity index (χ2n) is 4.90. The van der Waals surface area contributed by atoms with E-state index in [0.717, 1.165) is 18.5 Å². The lowest BCUT2D eigenvalue weighted by molar-refractivity contribution is -0.127. The average Bonchev–Trinajstić information content (AvgIpc) is 3.18. The summed E-state index contributed by atoms with van der Waals surface area (Å²) in [6.07, 6.45) is 1.92. The Morgan fingerprint density at radius 3 is 2.63 bits per heavy atom. The molecule has 0 saturated heterocycles. The van der Waals surface area contributed by atoms with Gasteiger partial charge in [-0.25, -0.2) is 4.21 Å². The second-order valence-corrected chi connectivity index (χ2v) is 6.56. The van der Waals surface area contributed by atoms with Crippen molar-refractivity contribution in [3.05, 3.63) is 24.3 Å². The summed E-state index contributed by atoms with van der Waals surface area (Å²) in [6.45, 7) is 0.111. The maximum atomic E-state index is 12.4. The molecule has 1 fully saturated rings. The molecule has 104 valence electrons. The van der Waals surface area contributed by atoms with E-state index >= 15 is 0 Å². The fraction of sp³-hybridized carbons (Fsp3) is 0.462. The van der Waals surface area contributed by atoms with Gasteiger partial charge in [0.1, 0.15) is 17.5 Å². The van der Waals surface area contributed by atoms with Gasteiger partial charge in [-0.2, -0.15) is 0 Å². The summed E-state index contributed by atoms with van der Waals surface area (Å²) >= 11 is 0. The number of nitrogens with zero attached hydrogens (tertiary/aromatic N) is 2. The lowest BCUT2D eigenvalue weighted by atomic mass is 10.3. The van der Waals surface area contributed by atoms with Crippen LogP contribution in [0.3, 0.4) is 0 Å². The predicted octanol–water partition coefficient (Wildman–Crippen LogP) is 0.989. The molecule has 0 spiro atoms. The summed E-state index contributed by atoms with van der Waals surface area (Å²) in [4.78, 5) is 13.4. The monoisotopic (exact) mass is 281 g/mol. The zero-order valence-electron chi connectivity index (χ0n) is 11.2. The van der Waals surface area contributed by atoms with E-state index in [4.69, 9.17) is 5.73 Å². The lowest BCUT2D eigenvalue weighted by Crippen LogP contribution is -2.38. The molecule has 1 aliphatic rings. The van der Waals surface area contributed by atoms with Gasteiger partial charge in [-0.1, -0.05) is 6.07 Å². The van der Waals surface area contributed by atoms with Crippen molar-refractivity contribution in [3.63, 3.8) is 0 Å². The molecule has 0 radical (unpaired) electrons. The van der Waals surface area contributed by atoms with Crippen molar-refractivity contribution in [3.8, 4) is 0 Å². The van der Waals surface area contributed by atoms with Crippen molar-refractivity contribution in [2.24, 2.45) is 0 Å². The van der Waals surface area contributed by atoms with Gasteiger partial charge >= 0.3 is 0 Å². The molecule has 0 aliphatic heterocycles. The number of carbonyl (C=O) groups is 1. The molecule has 1 aromatic carbocycles. The summed E-state index contributed by atoms with van der Waals surface area (Å²) < 4.78 is 14.0. The van der Waals surface area contributed by atoms with Crippen LogP contribution < -0.4 is 10.0 Å². The van der Waals surface area contributed by atoms with Gasteiger partial charge in [0, 0.05) is 19.8 Å². The summed E-state index contributed by atoms with van der Waals surface area (Å²) in [5, 5.41) is 0.177. The third kappa shape index (κ3) is 3.47. The van der Waals surface area contributed by atoms with Crippen LogP contribution >= 0.6 is 0 Å². The highest BCUT2D eigenvalue weighted by molar-refractivity contribution is 7.87. The molecule has 19 heavy (non-hydrogen) atoms. The van der Waals surface area contributed by atoms with Crippen LogP contribution in [0.1, 0.15) is 12.8 Å². The molecule has 1 atom stereocenters. The van der Waals surface area contributed by atoms with Crippen LogP contribution in [0.15, 0.2) is 24.3 Å². The first-order valence-electron chi connectivity index (χ1n) is 6.23. The smallest absolute Gasteiger partial charge is 0.242 e. The standard InChI is InChI=1S/C13H19N3O2S/c1-15(2)13(17)9-16(19(18)12-6-7-12)11-5-3-4-10(14)8-11/h3-5,8,12H,6-7,9,14H2,1-2H3. The molecule has 6 heteroatoms. The number of carbonyl (C=O) groups excluding carboxylic acids is 1. The molecule has 1 saturated carbocycles. The highest BCUT2D eigenvalue weighted by atomic mass is 32.2. The molecule has 0 bridgehead atoms. The van der Waals surface area contributed by atoms with E-state index in [0.29, 0.717) is 5.69 Å². The van der Waals surface area contributed by atoms with Gasteiger partial charge in [0.05, 0.1) is 10.9 Å². The first kappa shape index (κ1) is 13.9. The summed E-state index contributed by atoms with van der Waals surface area (Å²) in [7, 11) is 2.22. The lowest BCUT2D eigenvalue weighted by Gasteiger charge is -2.24. The Hall–Kier alpha value is -1.56. The van der Waals surface area contributed by atoms with E-state index in [1.165, 1.54) is 4.90 Å². The fourth-order valence-electron chi connectivity index (χ4n) is 1.65. The Morgan fingerprint density at radius 2 is 2.11 bits per heavy atom. The molecule has 1 aliphatic carbocycles. The molecular formula is C13H19N3O2S. The van der Waals surface area contributed by atoms with Gasteiger partial charge in [-0.15, -0.1) is 0 Å². The van der Waals surface area contributed by atoms with E-state index in [-0.39, 0.29) is 17.7 Å². The molecule has 0 heterocycles. The van der Waals surface area contributed by atoms with Crippen molar-refractivity contribution in [2.45, 2.75) is 18.1 Å². The minimum Gasteiger partial charge on any atom is -0.399 e. The third-order valence-electron chi connectivity index (χ3n) is 2.96. The van der Waals surface area contributed by atoms with Crippen molar-refractivity contribution in [1.29, 1.82) is 0 Å². The minimum atomic E-state index is -1.16. The highest BCUT2D eigenvalue weighted by Gasteiger charge is 2.34. The first-order chi connectivity index (χ1) is 8.99. The fourth-order valence-corrected chi connectivity index (χ4v) is 3.11.